The van der Waals surface area contributed by atoms with Gasteiger partial charge in [0.2, 0.25) is 10.0 Å². The van der Waals surface area contributed by atoms with Crippen LogP contribution in [0.15, 0.2) is 27.6 Å². The molecule has 2 N–H and O–H groups in total. The number of rotatable bonds is 10. The van der Waals surface area contributed by atoms with E-state index in [9.17, 15) is 13.2 Å². The summed E-state index contributed by atoms with van der Waals surface area (Å²) in [6.45, 7) is 4.89. The van der Waals surface area contributed by atoms with Gasteiger partial charge >= 0.3 is 0 Å². The van der Waals surface area contributed by atoms with Crippen molar-refractivity contribution in [2.75, 3.05) is 6.54 Å². The number of sulfonamides is 1. The summed E-state index contributed by atoms with van der Waals surface area (Å²) in [5.74, 6) is 0.205. The zero-order valence-electron chi connectivity index (χ0n) is 14.8. The molecule has 2 rings (SSSR count). The van der Waals surface area contributed by atoms with E-state index in [-0.39, 0.29) is 16.8 Å². The van der Waals surface area contributed by atoms with Crippen LogP contribution in [0.25, 0.3) is 0 Å². The highest BCUT2D eigenvalue weighted by Crippen LogP contribution is 2.25. The third-order valence-electron chi connectivity index (χ3n) is 4.49. The lowest BCUT2D eigenvalue weighted by molar-refractivity contribution is 0.0945. The highest BCUT2D eigenvalue weighted by Gasteiger charge is 2.28. The predicted octanol–water partition coefficient (Wildman–Crippen LogP) is 3.84. The van der Waals surface area contributed by atoms with E-state index in [1.54, 1.807) is 6.07 Å². The maximum absolute atomic E-state index is 12.5. The van der Waals surface area contributed by atoms with Crippen LogP contribution in [-0.2, 0) is 10.0 Å². The Bertz CT molecular complexity index is 702. The molecule has 1 aliphatic carbocycles. The maximum atomic E-state index is 12.5. The number of hydrogen-bond acceptors (Lipinski definition) is 3. The number of nitrogens with one attached hydrogen (secondary N) is 2. The van der Waals surface area contributed by atoms with Crippen molar-refractivity contribution in [3.05, 3.63) is 28.2 Å². The van der Waals surface area contributed by atoms with Gasteiger partial charge in [-0.15, -0.1) is 0 Å². The van der Waals surface area contributed by atoms with Crippen molar-refractivity contribution < 1.29 is 13.2 Å². The molecule has 0 bridgehead atoms. The van der Waals surface area contributed by atoms with Gasteiger partial charge in [-0.25, -0.2) is 13.1 Å². The number of benzene rings is 1. The monoisotopic (exact) mass is 430 g/mol. The van der Waals surface area contributed by atoms with Crippen molar-refractivity contribution in [1.29, 1.82) is 0 Å². The van der Waals surface area contributed by atoms with Crippen molar-refractivity contribution in [3.63, 3.8) is 0 Å². The molecular formula is C18H27BrN2O3S. The van der Waals surface area contributed by atoms with Gasteiger partial charge in [-0.05, 0) is 59.3 Å². The first-order valence-electron chi connectivity index (χ1n) is 8.97. The molecule has 140 valence electrons. The molecule has 1 amide bonds. The van der Waals surface area contributed by atoms with E-state index in [0.29, 0.717) is 22.5 Å². The predicted molar refractivity (Wildman–Crippen MR) is 103 cm³/mol. The van der Waals surface area contributed by atoms with Crippen molar-refractivity contribution >= 4 is 31.9 Å². The molecule has 0 heterocycles. The van der Waals surface area contributed by atoms with Crippen LogP contribution in [-0.4, -0.2) is 26.9 Å². The Hall–Kier alpha value is -0.920. The van der Waals surface area contributed by atoms with Crippen LogP contribution in [0, 0.1) is 5.92 Å². The normalized spacial score (nSPS) is 15.8. The van der Waals surface area contributed by atoms with Gasteiger partial charge in [-0.2, -0.15) is 0 Å². The number of carbonyl (C=O) groups is 1. The molecule has 1 fully saturated rings. The molecule has 0 unspecified atom stereocenters. The van der Waals surface area contributed by atoms with Crippen molar-refractivity contribution in [2.24, 2.45) is 5.92 Å². The molecule has 0 aromatic heterocycles. The molecule has 1 aromatic rings. The minimum absolute atomic E-state index is 0.0369. The fourth-order valence-corrected chi connectivity index (χ4v) is 4.37. The Labute approximate surface area is 159 Å². The van der Waals surface area contributed by atoms with Gasteiger partial charge in [0.1, 0.15) is 0 Å². The van der Waals surface area contributed by atoms with Crippen LogP contribution in [0.5, 0.6) is 0 Å². The highest BCUT2D eigenvalue weighted by atomic mass is 79.9. The lowest BCUT2D eigenvalue weighted by Gasteiger charge is -2.16. The molecule has 1 atom stereocenters. The van der Waals surface area contributed by atoms with Crippen molar-refractivity contribution in [3.8, 4) is 0 Å². The smallest absolute Gasteiger partial charge is 0.252 e. The molecule has 0 aliphatic heterocycles. The van der Waals surface area contributed by atoms with Crippen LogP contribution in [0.4, 0.5) is 0 Å². The van der Waals surface area contributed by atoms with E-state index in [0.717, 1.165) is 38.5 Å². The molecule has 0 radical (unpaired) electrons. The van der Waals surface area contributed by atoms with Gasteiger partial charge in [-0.1, -0.05) is 33.1 Å². The minimum Gasteiger partial charge on any atom is -0.352 e. The molecule has 0 saturated heterocycles. The second-order valence-electron chi connectivity index (χ2n) is 6.66. The zero-order valence-corrected chi connectivity index (χ0v) is 17.2. The Morgan fingerprint density at radius 3 is 2.64 bits per heavy atom. The summed E-state index contributed by atoms with van der Waals surface area (Å²) >= 11 is 3.35. The molecule has 1 aliphatic rings. The van der Waals surface area contributed by atoms with E-state index >= 15 is 0 Å². The van der Waals surface area contributed by atoms with Gasteiger partial charge in [0.25, 0.3) is 5.91 Å². The number of carbonyl (C=O) groups excluding carboxylic acids is 1. The van der Waals surface area contributed by atoms with Gasteiger partial charge in [0, 0.05) is 17.1 Å². The van der Waals surface area contributed by atoms with Gasteiger partial charge in [0.15, 0.2) is 0 Å². The molecule has 1 saturated carbocycles. The summed E-state index contributed by atoms with van der Waals surface area (Å²) < 4.78 is 27.9. The fraction of sp³-hybridized carbons (Fsp3) is 0.611. The number of halogens is 1. The van der Waals surface area contributed by atoms with Crippen LogP contribution in [0.1, 0.15) is 62.7 Å². The van der Waals surface area contributed by atoms with E-state index in [1.807, 2.05) is 0 Å². The quantitative estimate of drug-likeness (QED) is 0.591. The summed E-state index contributed by atoms with van der Waals surface area (Å²) in [5, 5.41) is 2.95. The zero-order chi connectivity index (χ0) is 18.4. The number of unbranched alkanes of at least 4 members (excludes halogenated alkanes) is 1. The average molecular weight is 431 g/mol. The molecule has 5 nitrogen and oxygen atoms in total. The summed E-state index contributed by atoms with van der Waals surface area (Å²) in [7, 11) is -3.57. The SMILES string of the molecule is CCCC[C@H](CC)CNC(=O)c1cc(S(=O)(=O)NC2CC2)ccc1Br. The Kier molecular flexibility index (Phi) is 7.46. The molecule has 0 spiro atoms. The van der Waals surface area contributed by atoms with E-state index < -0.39 is 10.0 Å². The van der Waals surface area contributed by atoms with Crippen molar-refractivity contribution in [2.45, 2.75) is 63.3 Å². The third-order valence-corrected chi connectivity index (χ3v) is 6.70. The van der Waals surface area contributed by atoms with E-state index in [2.05, 4.69) is 39.8 Å². The second-order valence-corrected chi connectivity index (χ2v) is 9.23. The Morgan fingerprint density at radius 1 is 1.32 bits per heavy atom. The average Bonchev–Trinajstić information content (AvgIpc) is 3.38. The standard InChI is InChI=1S/C18H27BrN2O3S/c1-3-5-6-13(4-2)12-20-18(22)16-11-15(9-10-17(16)19)25(23,24)21-14-7-8-14/h9-11,13-14,21H,3-8,12H2,1-2H3,(H,20,22)/t13-/m0/s1. The summed E-state index contributed by atoms with van der Waals surface area (Å²) in [4.78, 5) is 12.6. The fourth-order valence-electron chi connectivity index (χ4n) is 2.61. The lowest BCUT2D eigenvalue weighted by atomic mass is 9.99. The largest absolute Gasteiger partial charge is 0.352 e. The second kappa shape index (κ2) is 9.14. The third kappa shape index (κ3) is 6.08. The maximum Gasteiger partial charge on any atom is 0.252 e. The van der Waals surface area contributed by atoms with Crippen LogP contribution in [0.3, 0.4) is 0 Å². The van der Waals surface area contributed by atoms with Crippen molar-refractivity contribution in [1.82, 2.24) is 10.0 Å². The minimum atomic E-state index is -3.57. The van der Waals surface area contributed by atoms with Crippen LogP contribution in [0.2, 0.25) is 0 Å². The van der Waals surface area contributed by atoms with E-state index in [1.165, 1.54) is 12.1 Å². The topological polar surface area (TPSA) is 75.3 Å². The van der Waals surface area contributed by atoms with Gasteiger partial charge < -0.3 is 5.32 Å². The Balaban J connectivity index is 2.06. The van der Waals surface area contributed by atoms with Gasteiger partial charge in [0.05, 0.1) is 10.5 Å². The first-order valence-corrected chi connectivity index (χ1v) is 11.2. The number of hydrogen-bond donors (Lipinski definition) is 2. The van der Waals surface area contributed by atoms with Crippen LogP contribution >= 0.6 is 15.9 Å². The van der Waals surface area contributed by atoms with E-state index in [4.69, 9.17) is 0 Å². The van der Waals surface area contributed by atoms with Gasteiger partial charge in [-0.3, -0.25) is 4.79 Å². The Morgan fingerprint density at radius 2 is 2.04 bits per heavy atom. The summed E-state index contributed by atoms with van der Waals surface area (Å²) in [5.41, 5.74) is 0.351. The number of amides is 1. The molecule has 7 heteroatoms. The molecule has 25 heavy (non-hydrogen) atoms. The lowest BCUT2D eigenvalue weighted by Crippen LogP contribution is -2.30. The first-order chi connectivity index (χ1) is 11.9. The molecule has 1 aromatic carbocycles. The van der Waals surface area contributed by atoms with Crippen LogP contribution < -0.4 is 10.0 Å². The summed E-state index contributed by atoms with van der Waals surface area (Å²) in [6, 6.07) is 4.61. The summed E-state index contributed by atoms with van der Waals surface area (Å²) in [6.07, 6.45) is 6.15. The highest BCUT2D eigenvalue weighted by molar-refractivity contribution is 9.10. The molecular weight excluding hydrogens is 404 g/mol. The first kappa shape index (κ1) is 20.4.